The average Bonchev–Trinajstić information content (AvgIpc) is 3.29. The molecule has 0 saturated carbocycles. The molecule has 6 nitrogen and oxygen atoms in total. The van der Waals surface area contributed by atoms with E-state index in [1.54, 1.807) is 0 Å². The van der Waals surface area contributed by atoms with Gasteiger partial charge in [0.15, 0.2) is 0 Å². The highest BCUT2D eigenvalue weighted by Crippen LogP contribution is 2.32. The topological polar surface area (TPSA) is 78.1 Å². The smallest absolute Gasteiger partial charge is 0.223 e. The van der Waals surface area contributed by atoms with Crippen LogP contribution in [0.5, 0.6) is 0 Å². The van der Waals surface area contributed by atoms with Crippen molar-refractivity contribution in [2.75, 3.05) is 13.1 Å². The number of aromatic nitrogens is 2. The maximum atomic E-state index is 12.5. The molecule has 2 heterocycles. The third kappa shape index (κ3) is 4.07. The van der Waals surface area contributed by atoms with E-state index < -0.39 is 0 Å². The highest BCUT2D eigenvalue weighted by Gasteiger charge is 2.31. The van der Waals surface area contributed by atoms with Gasteiger partial charge in [-0.1, -0.05) is 30.3 Å². The first-order valence-electron chi connectivity index (χ1n) is 8.85. The van der Waals surface area contributed by atoms with Crippen molar-refractivity contribution in [3.63, 3.8) is 0 Å². The number of carbonyl (C=O) groups is 2. The quantitative estimate of drug-likeness (QED) is 0.848. The van der Waals surface area contributed by atoms with Crippen LogP contribution in [0.1, 0.15) is 44.5 Å². The normalized spacial score (nSPS) is 16.8. The van der Waals surface area contributed by atoms with Gasteiger partial charge < -0.3 is 15.2 Å². The van der Waals surface area contributed by atoms with Crippen LogP contribution in [0.2, 0.25) is 0 Å². The van der Waals surface area contributed by atoms with Crippen LogP contribution in [-0.4, -0.2) is 39.8 Å². The van der Waals surface area contributed by atoms with Crippen LogP contribution in [0, 0.1) is 0 Å². The van der Waals surface area contributed by atoms with Gasteiger partial charge in [-0.2, -0.15) is 0 Å². The third-order valence-corrected chi connectivity index (χ3v) is 4.51. The molecule has 1 atom stereocenters. The third-order valence-electron chi connectivity index (χ3n) is 4.51. The Kier molecular flexibility index (Phi) is 5.48. The number of hydrogen-bond donors (Lipinski definition) is 2. The van der Waals surface area contributed by atoms with Crippen molar-refractivity contribution in [3.8, 4) is 11.3 Å². The molecule has 2 N–H and O–H groups in total. The Hall–Kier alpha value is -2.63. The van der Waals surface area contributed by atoms with Gasteiger partial charge in [-0.05, 0) is 25.3 Å². The fraction of sp³-hybridized carbons (Fsp3) is 0.421. The van der Waals surface area contributed by atoms with Gasteiger partial charge >= 0.3 is 0 Å². The van der Waals surface area contributed by atoms with E-state index in [0.717, 1.165) is 36.5 Å². The Morgan fingerprint density at radius 1 is 1.28 bits per heavy atom. The number of benzene rings is 1. The maximum Gasteiger partial charge on any atom is 0.223 e. The van der Waals surface area contributed by atoms with Gasteiger partial charge in [-0.15, -0.1) is 0 Å². The van der Waals surface area contributed by atoms with E-state index in [4.69, 9.17) is 0 Å². The Morgan fingerprint density at radius 2 is 2.08 bits per heavy atom. The average molecular weight is 340 g/mol. The molecule has 2 aromatic rings. The first-order valence-corrected chi connectivity index (χ1v) is 8.85. The van der Waals surface area contributed by atoms with Crippen molar-refractivity contribution in [1.82, 2.24) is 20.2 Å². The van der Waals surface area contributed by atoms with Gasteiger partial charge in [0.25, 0.3) is 0 Å². The van der Waals surface area contributed by atoms with E-state index in [2.05, 4.69) is 15.3 Å². The number of carbonyl (C=O) groups excluding carboxylic acids is 2. The lowest BCUT2D eigenvalue weighted by molar-refractivity contribution is -0.134. The zero-order valence-electron chi connectivity index (χ0n) is 14.5. The number of rotatable bonds is 6. The van der Waals surface area contributed by atoms with Gasteiger partial charge in [0.05, 0.1) is 17.9 Å². The van der Waals surface area contributed by atoms with Gasteiger partial charge in [-0.3, -0.25) is 9.59 Å². The molecule has 1 aliphatic heterocycles. The number of aromatic amines is 1. The molecule has 1 fully saturated rings. The molecule has 2 amide bonds. The van der Waals surface area contributed by atoms with E-state index in [1.807, 2.05) is 48.4 Å². The van der Waals surface area contributed by atoms with Crippen LogP contribution >= 0.6 is 0 Å². The van der Waals surface area contributed by atoms with Crippen molar-refractivity contribution in [2.24, 2.45) is 0 Å². The summed E-state index contributed by atoms with van der Waals surface area (Å²) in [5, 5.41) is 2.73. The number of hydrogen-bond acceptors (Lipinski definition) is 3. The number of amides is 2. The van der Waals surface area contributed by atoms with E-state index >= 15 is 0 Å². The number of H-pyrrole nitrogens is 1. The van der Waals surface area contributed by atoms with Crippen LogP contribution in [0.4, 0.5) is 0 Å². The monoisotopic (exact) mass is 340 g/mol. The Bertz CT molecular complexity index is 726. The molecule has 132 valence electrons. The summed E-state index contributed by atoms with van der Waals surface area (Å²) in [5.74, 6) is 0.769. The van der Waals surface area contributed by atoms with Gasteiger partial charge in [0.2, 0.25) is 11.8 Å². The Labute approximate surface area is 147 Å². The summed E-state index contributed by atoms with van der Waals surface area (Å²) in [6.45, 7) is 3.19. The fourth-order valence-electron chi connectivity index (χ4n) is 3.27. The number of nitrogens with zero attached hydrogens (tertiary/aromatic N) is 2. The molecule has 0 aliphatic carbocycles. The standard InChI is InChI=1S/C19H24N4O2/c1-2-20-17(24)10-11-18(25)23-12-6-9-16(23)19-21-13-15(22-19)14-7-4-3-5-8-14/h3-5,7-8,13,16H,2,6,9-12H2,1H3,(H,20,24)(H,21,22). The van der Waals surface area contributed by atoms with Crippen LogP contribution in [0.25, 0.3) is 11.3 Å². The minimum Gasteiger partial charge on any atom is -0.356 e. The molecular weight excluding hydrogens is 316 g/mol. The molecule has 1 aromatic heterocycles. The van der Waals surface area contributed by atoms with Crippen molar-refractivity contribution in [3.05, 3.63) is 42.4 Å². The lowest BCUT2D eigenvalue weighted by atomic mass is 10.2. The number of likely N-dealkylation sites (tertiary alicyclic amines) is 1. The highest BCUT2D eigenvalue weighted by molar-refractivity contribution is 5.84. The van der Waals surface area contributed by atoms with Crippen molar-refractivity contribution < 1.29 is 9.59 Å². The van der Waals surface area contributed by atoms with Gasteiger partial charge in [-0.25, -0.2) is 4.98 Å². The lowest BCUT2D eigenvalue weighted by Gasteiger charge is -2.23. The van der Waals surface area contributed by atoms with E-state index in [1.165, 1.54) is 0 Å². The van der Waals surface area contributed by atoms with Crippen LogP contribution in [0.15, 0.2) is 36.5 Å². The van der Waals surface area contributed by atoms with Crippen molar-refractivity contribution in [1.29, 1.82) is 0 Å². The second-order valence-electron chi connectivity index (χ2n) is 6.25. The first-order chi connectivity index (χ1) is 12.2. The van der Waals surface area contributed by atoms with Crippen LogP contribution in [0.3, 0.4) is 0 Å². The number of imidazole rings is 1. The Balaban J connectivity index is 1.66. The lowest BCUT2D eigenvalue weighted by Crippen LogP contribution is -2.32. The Morgan fingerprint density at radius 3 is 2.84 bits per heavy atom. The first kappa shape index (κ1) is 17.2. The largest absolute Gasteiger partial charge is 0.356 e. The molecule has 1 unspecified atom stereocenters. The molecule has 0 radical (unpaired) electrons. The van der Waals surface area contributed by atoms with E-state index in [-0.39, 0.29) is 30.7 Å². The minimum absolute atomic E-state index is 0.0198. The summed E-state index contributed by atoms with van der Waals surface area (Å²) in [7, 11) is 0. The summed E-state index contributed by atoms with van der Waals surface area (Å²) < 4.78 is 0. The van der Waals surface area contributed by atoms with Crippen molar-refractivity contribution in [2.45, 2.75) is 38.6 Å². The summed E-state index contributed by atoms with van der Waals surface area (Å²) in [4.78, 5) is 33.8. The zero-order valence-corrected chi connectivity index (χ0v) is 14.5. The maximum absolute atomic E-state index is 12.5. The molecular formula is C19H24N4O2. The van der Waals surface area contributed by atoms with Crippen LogP contribution < -0.4 is 5.32 Å². The molecule has 6 heteroatoms. The molecule has 1 aliphatic rings. The SMILES string of the molecule is CCNC(=O)CCC(=O)N1CCCC1c1ncc(-c2ccccc2)[nH]1. The van der Waals surface area contributed by atoms with Crippen LogP contribution in [-0.2, 0) is 9.59 Å². The second-order valence-corrected chi connectivity index (χ2v) is 6.25. The summed E-state index contributed by atoms with van der Waals surface area (Å²) >= 11 is 0. The molecule has 1 saturated heterocycles. The van der Waals surface area contributed by atoms with Gasteiger partial charge in [0, 0.05) is 25.9 Å². The van der Waals surface area contributed by atoms with E-state index in [9.17, 15) is 9.59 Å². The molecule has 1 aromatic carbocycles. The fourth-order valence-corrected chi connectivity index (χ4v) is 3.27. The predicted octanol–water partition coefficient (Wildman–Crippen LogP) is 2.66. The van der Waals surface area contributed by atoms with Crippen molar-refractivity contribution >= 4 is 11.8 Å². The summed E-state index contributed by atoms with van der Waals surface area (Å²) in [6.07, 6.45) is 4.16. The zero-order chi connectivity index (χ0) is 17.6. The molecule has 0 spiro atoms. The second kappa shape index (κ2) is 7.96. The predicted molar refractivity (Wildman–Crippen MR) is 95.6 cm³/mol. The van der Waals surface area contributed by atoms with E-state index in [0.29, 0.717) is 6.54 Å². The minimum atomic E-state index is -0.0732. The molecule has 3 rings (SSSR count). The van der Waals surface area contributed by atoms with Gasteiger partial charge in [0.1, 0.15) is 5.82 Å². The number of nitrogens with one attached hydrogen (secondary N) is 2. The molecule has 25 heavy (non-hydrogen) atoms. The summed E-state index contributed by atoms with van der Waals surface area (Å²) in [6, 6.07) is 9.99. The molecule has 0 bridgehead atoms. The highest BCUT2D eigenvalue weighted by atomic mass is 16.2. The summed E-state index contributed by atoms with van der Waals surface area (Å²) in [5.41, 5.74) is 2.03.